The fourth-order valence-electron chi connectivity index (χ4n) is 2.51. The first-order valence-electron chi connectivity index (χ1n) is 8.66. The van der Waals surface area contributed by atoms with Gasteiger partial charge in [0.05, 0.1) is 12.3 Å². The molecule has 2 rings (SSSR count). The number of nitrogens with one attached hydrogen (secondary N) is 3. The third-order valence-corrected chi connectivity index (χ3v) is 4.01. The largest absolute Gasteiger partial charge is 0.459 e. The van der Waals surface area contributed by atoms with Crippen LogP contribution in [0.25, 0.3) is 0 Å². The first kappa shape index (κ1) is 23.9. The van der Waals surface area contributed by atoms with Crippen LogP contribution in [0, 0.1) is 18.6 Å². The molecule has 1 aromatic carbocycles. The standard InChI is InChI=1S/C19H24F2N4O2.HI/c1-12-7-10-27-17(12)18(26)23-8-4-9-24-19(22-3)25-13(2)15-6-5-14(20)11-16(15)21;/h5-7,10-11,13H,4,8-9H2,1-3H3,(H,23,26)(H2,22,24,25);1H. The molecule has 1 heterocycles. The number of rotatable bonds is 7. The lowest BCUT2D eigenvalue weighted by atomic mass is 10.1. The minimum atomic E-state index is -0.613. The van der Waals surface area contributed by atoms with Gasteiger partial charge in [0.1, 0.15) is 11.6 Å². The highest BCUT2D eigenvalue weighted by Crippen LogP contribution is 2.17. The molecule has 0 bridgehead atoms. The van der Waals surface area contributed by atoms with E-state index in [-0.39, 0.29) is 29.9 Å². The Balaban J connectivity index is 0.00000392. The molecule has 0 spiro atoms. The van der Waals surface area contributed by atoms with E-state index in [1.54, 1.807) is 27.0 Å². The summed E-state index contributed by atoms with van der Waals surface area (Å²) in [6.07, 6.45) is 2.14. The molecular formula is C19H25F2IN4O2. The molecule has 0 radical (unpaired) electrons. The van der Waals surface area contributed by atoms with Crippen molar-refractivity contribution >= 4 is 35.8 Å². The first-order chi connectivity index (χ1) is 12.9. The molecule has 1 aromatic heterocycles. The van der Waals surface area contributed by atoms with Crippen LogP contribution < -0.4 is 16.0 Å². The van der Waals surface area contributed by atoms with Gasteiger partial charge in [-0.1, -0.05) is 6.07 Å². The number of amides is 1. The normalized spacial score (nSPS) is 12.1. The second-order valence-corrected chi connectivity index (χ2v) is 6.07. The van der Waals surface area contributed by atoms with Crippen molar-refractivity contribution in [1.29, 1.82) is 0 Å². The van der Waals surface area contributed by atoms with E-state index in [0.717, 1.165) is 11.6 Å². The predicted molar refractivity (Wildman–Crippen MR) is 115 cm³/mol. The van der Waals surface area contributed by atoms with E-state index < -0.39 is 17.7 Å². The van der Waals surface area contributed by atoms with Crippen LogP contribution in [0.3, 0.4) is 0 Å². The lowest BCUT2D eigenvalue weighted by molar-refractivity contribution is 0.0925. The van der Waals surface area contributed by atoms with Crippen LogP contribution in [0.1, 0.15) is 41.1 Å². The van der Waals surface area contributed by atoms with Gasteiger partial charge in [-0.15, -0.1) is 24.0 Å². The number of halogens is 3. The average molecular weight is 506 g/mol. The van der Waals surface area contributed by atoms with Crippen molar-refractivity contribution in [2.24, 2.45) is 4.99 Å². The second-order valence-electron chi connectivity index (χ2n) is 6.07. The van der Waals surface area contributed by atoms with Gasteiger partial charge in [0.15, 0.2) is 11.7 Å². The lowest BCUT2D eigenvalue weighted by Crippen LogP contribution is -2.40. The zero-order valence-electron chi connectivity index (χ0n) is 16.0. The first-order valence-corrected chi connectivity index (χ1v) is 8.66. The number of nitrogens with zero attached hydrogens (tertiary/aromatic N) is 1. The molecular weight excluding hydrogens is 481 g/mol. The van der Waals surface area contributed by atoms with Gasteiger partial charge in [-0.25, -0.2) is 8.78 Å². The Morgan fingerprint density at radius 1 is 1.21 bits per heavy atom. The second kappa shape index (κ2) is 11.6. The maximum Gasteiger partial charge on any atom is 0.287 e. The van der Waals surface area contributed by atoms with E-state index >= 15 is 0 Å². The maximum atomic E-state index is 13.8. The van der Waals surface area contributed by atoms with E-state index in [9.17, 15) is 13.6 Å². The van der Waals surface area contributed by atoms with Crippen LogP contribution in [0.15, 0.2) is 39.9 Å². The van der Waals surface area contributed by atoms with Gasteiger partial charge in [-0.2, -0.15) is 0 Å². The van der Waals surface area contributed by atoms with Gasteiger partial charge in [0.25, 0.3) is 5.91 Å². The number of furan rings is 1. The summed E-state index contributed by atoms with van der Waals surface area (Å²) in [5.41, 5.74) is 1.14. The molecule has 1 atom stereocenters. The Morgan fingerprint density at radius 3 is 2.54 bits per heavy atom. The molecule has 0 aliphatic heterocycles. The summed E-state index contributed by atoms with van der Waals surface area (Å²) < 4.78 is 32.0. The van der Waals surface area contributed by atoms with Crippen molar-refractivity contribution in [3.05, 3.63) is 59.1 Å². The molecule has 28 heavy (non-hydrogen) atoms. The Bertz CT molecular complexity index is 811. The van der Waals surface area contributed by atoms with E-state index in [0.29, 0.717) is 36.8 Å². The summed E-state index contributed by atoms with van der Waals surface area (Å²) in [6.45, 7) is 4.58. The summed E-state index contributed by atoms with van der Waals surface area (Å²) in [5, 5.41) is 8.91. The van der Waals surface area contributed by atoms with Gasteiger partial charge >= 0.3 is 0 Å². The SMILES string of the molecule is CN=C(NCCCNC(=O)c1occc1C)NC(C)c1ccc(F)cc1F.I. The quantitative estimate of drug-likeness (QED) is 0.233. The predicted octanol–water partition coefficient (Wildman–Crippen LogP) is 3.53. The molecule has 0 saturated heterocycles. The molecule has 3 N–H and O–H groups in total. The molecule has 154 valence electrons. The molecule has 1 unspecified atom stereocenters. The van der Waals surface area contributed by atoms with Crippen LogP contribution >= 0.6 is 24.0 Å². The number of benzene rings is 1. The Morgan fingerprint density at radius 2 is 1.93 bits per heavy atom. The summed E-state index contributed by atoms with van der Waals surface area (Å²) in [7, 11) is 1.60. The number of carbonyl (C=O) groups excluding carboxylic acids is 1. The molecule has 2 aromatic rings. The molecule has 0 saturated carbocycles. The van der Waals surface area contributed by atoms with Gasteiger partial charge in [0, 0.05) is 37.3 Å². The monoisotopic (exact) mass is 506 g/mol. The van der Waals surface area contributed by atoms with Gasteiger partial charge in [-0.05, 0) is 32.4 Å². The number of hydrogen-bond donors (Lipinski definition) is 3. The molecule has 0 fully saturated rings. The number of aliphatic imine (C=N–C) groups is 1. The number of hydrogen-bond acceptors (Lipinski definition) is 3. The summed E-state index contributed by atoms with van der Waals surface area (Å²) in [5.74, 6) is -0.672. The zero-order valence-corrected chi connectivity index (χ0v) is 18.3. The lowest BCUT2D eigenvalue weighted by Gasteiger charge is -2.19. The number of guanidine groups is 1. The summed E-state index contributed by atoms with van der Waals surface area (Å²) in [6, 6.07) is 4.82. The fraction of sp³-hybridized carbons (Fsp3) is 0.368. The smallest absolute Gasteiger partial charge is 0.287 e. The van der Waals surface area contributed by atoms with E-state index in [1.807, 2.05) is 0 Å². The minimum Gasteiger partial charge on any atom is -0.459 e. The third kappa shape index (κ3) is 6.77. The van der Waals surface area contributed by atoms with Crippen LogP contribution in [-0.2, 0) is 0 Å². The molecule has 0 aliphatic carbocycles. The van der Waals surface area contributed by atoms with Crippen molar-refractivity contribution < 1.29 is 18.0 Å². The number of aryl methyl sites for hydroxylation is 1. The topological polar surface area (TPSA) is 78.7 Å². The maximum absolute atomic E-state index is 13.8. The van der Waals surface area contributed by atoms with Crippen molar-refractivity contribution in [3.8, 4) is 0 Å². The minimum absolute atomic E-state index is 0. The van der Waals surface area contributed by atoms with Gasteiger partial charge in [-0.3, -0.25) is 9.79 Å². The average Bonchev–Trinajstić information content (AvgIpc) is 3.06. The highest BCUT2D eigenvalue weighted by molar-refractivity contribution is 14.0. The van der Waals surface area contributed by atoms with Crippen LogP contribution in [-0.4, -0.2) is 32.0 Å². The highest BCUT2D eigenvalue weighted by Gasteiger charge is 2.13. The molecule has 0 aliphatic rings. The molecule has 9 heteroatoms. The van der Waals surface area contributed by atoms with Crippen LogP contribution in [0.5, 0.6) is 0 Å². The van der Waals surface area contributed by atoms with Gasteiger partial charge in [0.2, 0.25) is 0 Å². The van der Waals surface area contributed by atoms with E-state index in [4.69, 9.17) is 4.42 Å². The van der Waals surface area contributed by atoms with Gasteiger partial charge < -0.3 is 20.4 Å². The number of carbonyl (C=O) groups is 1. The van der Waals surface area contributed by atoms with Crippen molar-refractivity contribution in [3.63, 3.8) is 0 Å². The van der Waals surface area contributed by atoms with E-state index in [1.165, 1.54) is 18.4 Å². The van der Waals surface area contributed by atoms with Crippen molar-refractivity contribution in [2.45, 2.75) is 26.3 Å². The summed E-state index contributed by atoms with van der Waals surface area (Å²) >= 11 is 0. The Hall–Kier alpha value is -2.17. The highest BCUT2D eigenvalue weighted by atomic mass is 127. The Labute approximate surface area is 180 Å². The van der Waals surface area contributed by atoms with Crippen molar-refractivity contribution in [2.75, 3.05) is 20.1 Å². The van der Waals surface area contributed by atoms with Crippen LogP contribution in [0.4, 0.5) is 8.78 Å². The Kier molecular flexibility index (Phi) is 9.91. The third-order valence-electron chi connectivity index (χ3n) is 4.01. The van der Waals surface area contributed by atoms with Crippen LogP contribution in [0.2, 0.25) is 0 Å². The fourth-order valence-corrected chi connectivity index (χ4v) is 2.51. The summed E-state index contributed by atoms with van der Waals surface area (Å²) in [4.78, 5) is 16.0. The van der Waals surface area contributed by atoms with E-state index in [2.05, 4.69) is 20.9 Å². The van der Waals surface area contributed by atoms with Crippen molar-refractivity contribution in [1.82, 2.24) is 16.0 Å². The molecule has 6 nitrogen and oxygen atoms in total. The molecule has 1 amide bonds. The zero-order chi connectivity index (χ0) is 19.8.